The maximum Gasteiger partial charge on any atom is 0.191 e. The monoisotopic (exact) mass is 392 g/mol. The van der Waals surface area contributed by atoms with E-state index < -0.39 is 16.7 Å². The lowest BCUT2D eigenvalue weighted by Crippen LogP contribution is -2.29. The zero-order valence-electron chi connectivity index (χ0n) is 16.5. The SMILES string of the molecule is CN(C)c1ccc(C2(c3ccc(N(C)C)cc3)OS(=O)c3ccccc32)cc1. The summed E-state index contributed by atoms with van der Waals surface area (Å²) in [5.74, 6) is 0. The molecule has 0 saturated carbocycles. The highest BCUT2D eigenvalue weighted by atomic mass is 32.2. The van der Waals surface area contributed by atoms with Crippen molar-refractivity contribution in [2.24, 2.45) is 0 Å². The van der Waals surface area contributed by atoms with Crippen LogP contribution in [0.4, 0.5) is 11.4 Å². The molecule has 0 N–H and O–H groups in total. The van der Waals surface area contributed by atoms with E-state index in [0.29, 0.717) is 0 Å². The van der Waals surface area contributed by atoms with Crippen LogP contribution < -0.4 is 9.80 Å². The van der Waals surface area contributed by atoms with Gasteiger partial charge in [-0.15, -0.1) is 0 Å². The van der Waals surface area contributed by atoms with Crippen LogP contribution >= 0.6 is 0 Å². The Morgan fingerprint density at radius 3 is 1.64 bits per heavy atom. The van der Waals surface area contributed by atoms with Gasteiger partial charge in [0, 0.05) is 45.1 Å². The lowest BCUT2D eigenvalue weighted by atomic mass is 9.80. The summed E-state index contributed by atoms with van der Waals surface area (Å²) in [7, 11) is 8.06. The van der Waals surface area contributed by atoms with Crippen LogP contribution in [0.3, 0.4) is 0 Å². The molecule has 4 nitrogen and oxygen atoms in total. The van der Waals surface area contributed by atoms with Crippen molar-refractivity contribution in [1.29, 1.82) is 0 Å². The van der Waals surface area contributed by atoms with E-state index in [-0.39, 0.29) is 0 Å². The number of nitrogens with zero attached hydrogens (tertiary/aromatic N) is 2. The second kappa shape index (κ2) is 7.08. The Morgan fingerprint density at radius 2 is 1.18 bits per heavy atom. The quantitative estimate of drug-likeness (QED) is 0.667. The molecule has 0 radical (unpaired) electrons. The summed E-state index contributed by atoms with van der Waals surface area (Å²) in [5, 5.41) is 0. The van der Waals surface area contributed by atoms with E-state index in [1.807, 2.05) is 52.5 Å². The normalized spacial score (nSPS) is 17.2. The number of fused-ring (bicyclic) bond motifs is 1. The Bertz CT molecular complexity index is 960. The average Bonchev–Trinajstić information content (AvgIpc) is 3.02. The van der Waals surface area contributed by atoms with Crippen LogP contribution in [-0.4, -0.2) is 32.4 Å². The van der Waals surface area contributed by atoms with E-state index in [2.05, 4.69) is 58.3 Å². The highest BCUT2D eigenvalue weighted by Gasteiger charge is 2.47. The van der Waals surface area contributed by atoms with Crippen molar-refractivity contribution in [3.05, 3.63) is 89.5 Å². The first-order valence-corrected chi connectivity index (χ1v) is 10.3. The Labute approximate surface area is 169 Å². The van der Waals surface area contributed by atoms with Gasteiger partial charge >= 0.3 is 0 Å². The van der Waals surface area contributed by atoms with Crippen molar-refractivity contribution >= 4 is 22.5 Å². The number of anilines is 2. The molecular weight excluding hydrogens is 368 g/mol. The summed E-state index contributed by atoms with van der Waals surface area (Å²) in [5.41, 5.74) is 4.19. The minimum absolute atomic E-state index is 0.732. The summed E-state index contributed by atoms with van der Waals surface area (Å²) >= 11 is -1.52. The number of rotatable bonds is 4. The summed E-state index contributed by atoms with van der Waals surface area (Å²) in [4.78, 5) is 4.85. The van der Waals surface area contributed by atoms with Gasteiger partial charge < -0.3 is 9.80 Å². The maximum absolute atomic E-state index is 12.9. The highest BCUT2D eigenvalue weighted by molar-refractivity contribution is 7.80. The van der Waals surface area contributed by atoms with Crippen molar-refractivity contribution < 1.29 is 8.39 Å². The van der Waals surface area contributed by atoms with Gasteiger partial charge in [-0.1, -0.05) is 42.5 Å². The van der Waals surface area contributed by atoms with Crippen LogP contribution in [0.1, 0.15) is 16.7 Å². The van der Waals surface area contributed by atoms with Crippen LogP contribution in [0.25, 0.3) is 0 Å². The van der Waals surface area contributed by atoms with Gasteiger partial charge in [0.2, 0.25) is 0 Å². The second-order valence-electron chi connectivity index (χ2n) is 7.38. The molecule has 0 aliphatic carbocycles. The van der Waals surface area contributed by atoms with Gasteiger partial charge in [-0.25, -0.2) is 4.21 Å². The highest BCUT2D eigenvalue weighted by Crippen LogP contribution is 2.49. The molecule has 0 bridgehead atoms. The Hall–Kier alpha value is -2.63. The van der Waals surface area contributed by atoms with E-state index in [4.69, 9.17) is 4.18 Å². The van der Waals surface area contributed by atoms with E-state index in [0.717, 1.165) is 33.0 Å². The summed E-state index contributed by atoms with van der Waals surface area (Å²) in [6.07, 6.45) is 0. The van der Waals surface area contributed by atoms with Gasteiger partial charge in [0.1, 0.15) is 0 Å². The zero-order valence-corrected chi connectivity index (χ0v) is 17.4. The predicted octanol–water partition coefficient (Wildman–Crippen LogP) is 4.16. The fourth-order valence-electron chi connectivity index (χ4n) is 3.67. The lowest BCUT2D eigenvalue weighted by Gasteiger charge is -2.30. The first kappa shape index (κ1) is 18.7. The molecule has 1 unspecified atom stereocenters. The fourth-order valence-corrected chi connectivity index (χ4v) is 4.85. The Balaban J connectivity index is 1.94. The average molecular weight is 393 g/mol. The first-order chi connectivity index (χ1) is 13.4. The van der Waals surface area contributed by atoms with E-state index in [1.54, 1.807) is 0 Å². The van der Waals surface area contributed by atoms with Gasteiger partial charge in [0.25, 0.3) is 0 Å². The van der Waals surface area contributed by atoms with Crippen molar-refractivity contribution in [3.63, 3.8) is 0 Å². The van der Waals surface area contributed by atoms with Crippen LogP contribution in [0, 0.1) is 0 Å². The molecule has 1 heterocycles. The maximum atomic E-state index is 12.9. The molecule has 3 aromatic carbocycles. The third kappa shape index (κ3) is 2.91. The Morgan fingerprint density at radius 1 is 0.714 bits per heavy atom. The van der Waals surface area contributed by atoms with Crippen molar-refractivity contribution in [2.75, 3.05) is 38.0 Å². The molecule has 5 heteroatoms. The van der Waals surface area contributed by atoms with Crippen LogP contribution in [0.5, 0.6) is 0 Å². The van der Waals surface area contributed by atoms with E-state index in [1.165, 1.54) is 0 Å². The molecule has 3 aromatic rings. The van der Waals surface area contributed by atoms with Gasteiger partial charge in [-0.3, -0.25) is 4.18 Å². The first-order valence-electron chi connectivity index (χ1n) is 9.20. The summed E-state index contributed by atoms with van der Waals surface area (Å²) in [6, 6.07) is 24.3. The van der Waals surface area contributed by atoms with Gasteiger partial charge in [-0.05, 0) is 41.5 Å². The predicted molar refractivity (Wildman–Crippen MR) is 115 cm³/mol. The molecule has 0 aromatic heterocycles. The number of hydrogen-bond donors (Lipinski definition) is 0. The minimum Gasteiger partial charge on any atom is -0.378 e. The van der Waals surface area contributed by atoms with Crippen molar-refractivity contribution in [3.8, 4) is 0 Å². The third-order valence-corrected chi connectivity index (χ3v) is 6.34. The largest absolute Gasteiger partial charge is 0.378 e. The molecule has 28 heavy (non-hydrogen) atoms. The van der Waals surface area contributed by atoms with Crippen LogP contribution in [-0.2, 0) is 20.9 Å². The topological polar surface area (TPSA) is 32.8 Å². The zero-order chi connectivity index (χ0) is 19.9. The molecule has 1 atom stereocenters. The van der Waals surface area contributed by atoms with Gasteiger partial charge in [-0.2, -0.15) is 0 Å². The number of benzene rings is 3. The summed E-state index contributed by atoms with van der Waals surface area (Å²) < 4.78 is 19.1. The standard InChI is InChI=1S/C23H24N2O2S/c1-24(2)19-13-9-17(10-14-19)23(18-11-15-20(16-12-18)25(3)4)21-7-5-6-8-22(21)28(26)27-23/h5-16H,1-4H3. The molecule has 0 fully saturated rings. The van der Waals surface area contributed by atoms with Crippen molar-refractivity contribution in [1.82, 2.24) is 0 Å². The van der Waals surface area contributed by atoms with E-state index >= 15 is 0 Å². The molecule has 1 aliphatic rings. The van der Waals surface area contributed by atoms with Crippen LogP contribution in [0.2, 0.25) is 0 Å². The molecule has 1 aliphatic heterocycles. The van der Waals surface area contributed by atoms with Gasteiger partial charge in [0.15, 0.2) is 16.7 Å². The summed E-state index contributed by atoms with van der Waals surface area (Å²) in [6.45, 7) is 0. The second-order valence-corrected chi connectivity index (χ2v) is 8.45. The fraction of sp³-hybridized carbons (Fsp3) is 0.217. The van der Waals surface area contributed by atoms with Crippen LogP contribution in [0.15, 0.2) is 77.7 Å². The Kier molecular flexibility index (Phi) is 4.73. The smallest absolute Gasteiger partial charge is 0.191 e. The molecule has 144 valence electrons. The third-order valence-electron chi connectivity index (χ3n) is 5.23. The molecule has 0 saturated heterocycles. The van der Waals surface area contributed by atoms with Crippen molar-refractivity contribution in [2.45, 2.75) is 10.5 Å². The number of hydrogen-bond acceptors (Lipinski definition) is 4. The lowest BCUT2D eigenvalue weighted by molar-refractivity contribution is 0.193. The molecule has 0 amide bonds. The minimum atomic E-state index is -1.52. The molecule has 4 rings (SSSR count). The molecular formula is C23H24N2O2S. The van der Waals surface area contributed by atoms with E-state index in [9.17, 15) is 4.21 Å². The molecule has 0 spiro atoms. The van der Waals surface area contributed by atoms with Gasteiger partial charge in [0.05, 0.1) is 4.90 Å².